The second-order valence-electron chi connectivity index (χ2n) is 7.07. The van der Waals surface area contributed by atoms with E-state index < -0.39 is 15.8 Å². The van der Waals surface area contributed by atoms with Gasteiger partial charge in [-0.15, -0.1) is 0 Å². The summed E-state index contributed by atoms with van der Waals surface area (Å²) in [5.41, 5.74) is 0.960. The van der Waals surface area contributed by atoms with E-state index in [0.717, 1.165) is 31.2 Å². The molecule has 1 aromatic carbocycles. The van der Waals surface area contributed by atoms with Gasteiger partial charge in [-0.3, -0.25) is 9.59 Å². The third-order valence-corrected chi connectivity index (χ3v) is 6.43. The lowest BCUT2D eigenvalue weighted by molar-refractivity contribution is -0.148. The Labute approximate surface area is 155 Å². The summed E-state index contributed by atoms with van der Waals surface area (Å²) >= 11 is 0. The number of carbonyl (C=O) groups excluding carboxylic acids is 2. The Morgan fingerprint density at radius 3 is 2.35 bits per heavy atom. The molecule has 0 spiro atoms. The summed E-state index contributed by atoms with van der Waals surface area (Å²) in [7, 11) is -3.54. The van der Waals surface area contributed by atoms with Gasteiger partial charge in [-0.2, -0.15) is 0 Å². The van der Waals surface area contributed by atoms with Crippen molar-refractivity contribution >= 4 is 21.7 Å². The number of hydrogen-bond acceptors (Lipinski definition) is 5. The molecule has 6 nitrogen and oxygen atoms in total. The highest BCUT2D eigenvalue weighted by atomic mass is 32.2. The predicted molar refractivity (Wildman–Crippen MR) is 98.4 cm³/mol. The van der Waals surface area contributed by atoms with Crippen LogP contribution in [0.1, 0.15) is 44.6 Å². The van der Waals surface area contributed by atoms with Crippen LogP contribution in [0.5, 0.6) is 0 Å². The van der Waals surface area contributed by atoms with Gasteiger partial charge in [0.15, 0.2) is 16.4 Å². The zero-order chi connectivity index (χ0) is 19.2. The molecule has 1 N–H and O–H groups in total. The van der Waals surface area contributed by atoms with Crippen LogP contribution in [0.4, 0.5) is 0 Å². The van der Waals surface area contributed by atoms with Crippen molar-refractivity contribution < 1.29 is 22.7 Å². The van der Waals surface area contributed by atoms with E-state index in [0.29, 0.717) is 5.92 Å². The fourth-order valence-electron chi connectivity index (χ4n) is 2.97. The SMILES string of the molecule is Cc1ccc(S(=O)(=O)CCC(=O)OCC(=O)NC2CCC(C)CC2)cc1. The highest BCUT2D eigenvalue weighted by Gasteiger charge is 2.21. The molecule has 0 aliphatic heterocycles. The third kappa shape index (κ3) is 6.44. The standard InChI is InChI=1S/C19H27NO5S/c1-14-3-7-16(8-4-14)20-18(21)13-25-19(22)11-12-26(23,24)17-9-5-15(2)6-10-17/h5-6,9-10,14,16H,3-4,7-8,11-13H2,1-2H3,(H,20,21). The monoisotopic (exact) mass is 381 g/mol. The van der Waals surface area contributed by atoms with Crippen LogP contribution in [0.15, 0.2) is 29.2 Å². The predicted octanol–water partition coefficient (Wildman–Crippen LogP) is 2.40. The normalized spacial score (nSPS) is 20.4. The zero-order valence-electron chi connectivity index (χ0n) is 15.4. The van der Waals surface area contributed by atoms with Crippen LogP contribution in [0.3, 0.4) is 0 Å². The Balaban J connectivity index is 1.71. The van der Waals surface area contributed by atoms with Gasteiger partial charge in [0.2, 0.25) is 0 Å². The van der Waals surface area contributed by atoms with Crippen LogP contribution in [-0.4, -0.2) is 38.7 Å². The van der Waals surface area contributed by atoms with Crippen molar-refractivity contribution in [2.24, 2.45) is 5.92 Å². The van der Waals surface area contributed by atoms with Crippen molar-refractivity contribution in [1.82, 2.24) is 5.32 Å². The van der Waals surface area contributed by atoms with E-state index in [4.69, 9.17) is 4.74 Å². The maximum Gasteiger partial charge on any atom is 0.307 e. The molecule has 1 amide bonds. The van der Waals surface area contributed by atoms with Crippen LogP contribution in [0.2, 0.25) is 0 Å². The number of aryl methyl sites for hydroxylation is 1. The second kappa shape index (κ2) is 9.16. The van der Waals surface area contributed by atoms with Crippen molar-refractivity contribution in [3.8, 4) is 0 Å². The largest absolute Gasteiger partial charge is 0.456 e. The second-order valence-corrected chi connectivity index (χ2v) is 9.18. The number of amides is 1. The quantitative estimate of drug-likeness (QED) is 0.733. The summed E-state index contributed by atoms with van der Waals surface area (Å²) in [5.74, 6) is -0.666. The van der Waals surface area contributed by atoms with E-state index in [1.165, 1.54) is 12.1 Å². The van der Waals surface area contributed by atoms with Gasteiger partial charge in [-0.05, 0) is 50.7 Å². The lowest BCUT2D eigenvalue weighted by Gasteiger charge is -2.26. The van der Waals surface area contributed by atoms with Crippen molar-refractivity contribution in [1.29, 1.82) is 0 Å². The average Bonchev–Trinajstić information content (AvgIpc) is 2.61. The zero-order valence-corrected chi connectivity index (χ0v) is 16.2. The van der Waals surface area contributed by atoms with Gasteiger partial charge >= 0.3 is 5.97 Å². The van der Waals surface area contributed by atoms with Gasteiger partial charge in [0.05, 0.1) is 17.1 Å². The smallest absolute Gasteiger partial charge is 0.307 e. The maximum absolute atomic E-state index is 12.2. The molecule has 7 heteroatoms. The minimum absolute atomic E-state index is 0.138. The van der Waals surface area contributed by atoms with Crippen LogP contribution < -0.4 is 5.32 Å². The molecular formula is C19H27NO5S. The first-order chi connectivity index (χ1) is 12.3. The van der Waals surface area contributed by atoms with Gasteiger partial charge < -0.3 is 10.1 Å². The number of rotatable bonds is 7. The van der Waals surface area contributed by atoms with Gasteiger partial charge in [-0.1, -0.05) is 24.6 Å². The molecule has 1 saturated carbocycles. The van der Waals surface area contributed by atoms with E-state index in [1.54, 1.807) is 12.1 Å². The van der Waals surface area contributed by atoms with E-state index >= 15 is 0 Å². The van der Waals surface area contributed by atoms with Gasteiger partial charge in [-0.25, -0.2) is 8.42 Å². The third-order valence-electron chi connectivity index (χ3n) is 4.70. The molecule has 1 aliphatic rings. The van der Waals surface area contributed by atoms with Crippen LogP contribution in [0.25, 0.3) is 0 Å². The van der Waals surface area contributed by atoms with Crippen LogP contribution >= 0.6 is 0 Å². The number of carbonyl (C=O) groups is 2. The first kappa shape index (κ1) is 20.4. The van der Waals surface area contributed by atoms with E-state index in [-0.39, 0.29) is 35.6 Å². The van der Waals surface area contributed by atoms with Crippen molar-refractivity contribution in [3.05, 3.63) is 29.8 Å². The molecule has 0 atom stereocenters. The summed E-state index contributed by atoms with van der Waals surface area (Å²) in [5, 5.41) is 2.86. The Morgan fingerprint density at radius 2 is 1.73 bits per heavy atom. The lowest BCUT2D eigenvalue weighted by atomic mass is 9.87. The molecule has 0 bridgehead atoms. The highest BCUT2D eigenvalue weighted by molar-refractivity contribution is 7.91. The van der Waals surface area contributed by atoms with Crippen molar-refractivity contribution in [2.75, 3.05) is 12.4 Å². The van der Waals surface area contributed by atoms with Gasteiger partial charge in [0.1, 0.15) is 0 Å². The Kier molecular flexibility index (Phi) is 7.20. The van der Waals surface area contributed by atoms with E-state index in [2.05, 4.69) is 12.2 Å². The van der Waals surface area contributed by atoms with Gasteiger partial charge in [0, 0.05) is 6.04 Å². The first-order valence-electron chi connectivity index (χ1n) is 9.00. The minimum Gasteiger partial charge on any atom is -0.456 e. The van der Waals surface area contributed by atoms with Crippen LogP contribution in [-0.2, 0) is 24.2 Å². The number of nitrogens with one attached hydrogen (secondary N) is 1. The molecule has 144 valence electrons. The van der Waals surface area contributed by atoms with Crippen molar-refractivity contribution in [3.63, 3.8) is 0 Å². The molecule has 0 aromatic heterocycles. The topological polar surface area (TPSA) is 89.5 Å². The summed E-state index contributed by atoms with van der Waals surface area (Å²) < 4.78 is 29.3. The summed E-state index contributed by atoms with van der Waals surface area (Å²) in [6, 6.07) is 6.60. The van der Waals surface area contributed by atoms with Crippen LogP contribution in [0, 0.1) is 12.8 Å². The molecule has 1 aliphatic carbocycles. The molecule has 0 heterocycles. The number of sulfone groups is 1. The molecular weight excluding hydrogens is 354 g/mol. The molecule has 2 rings (SSSR count). The van der Waals surface area contributed by atoms with E-state index in [1.807, 2.05) is 6.92 Å². The van der Waals surface area contributed by atoms with Gasteiger partial charge in [0.25, 0.3) is 5.91 Å². The molecule has 26 heavy (non-hydrogen) atoms. The molecule has 0 saturated heterocycles. The maximum atomic E-state index is 12.2. The Hall–Kier alpha value is -1.89. The summed E-state index contributed by atoms with van der Waals surface area (Å²) in [6.07, 6.45) is 3.78. The lowest BCUT2D eigenvalue weighted by Crippen LogP contribution is -2.39. The average molecular weight is 381 g/mol. The molecule has 0 radical (unpaired) electrons. The fraction of sp³-hybridized carbons (Fsp3) is 0.579. The summed E-state index contributed by atoms with van der Waals surface area (Å²) in [6.45, 7) is 3.70. The Morgan fingerprint density at radius 1 is 1.12 bits per heavy atom. The molecule has 0 unspecified atom stereocenters. The molecule has 1 aromatic rings. The molecule has 1 fully saturated rings. The number of benzene rings is 1. The minimum atomic E-state index is -3.54. The number of esters is 1. The number of ether oxygens (including phenoxy) is 1. The fourth-order valence-corrected chi connectivity index (χ4v) is 4.19. The summed E-state index contributed by atoms with van der Waals surface area (Å²) in [4.78, 5) is 23.8. The Bertz CT molecular complexity index is 719. The van der Waals surface area contributed by atoms with E-state index in [9.17, 15) is 18.0 Å². The van der Waals surface area contributed by atoms with Crippen molar-refractivity contribution in [2.45, 2.75) is 56.9 Å². The first-order valence-corrected chi connectivity index (χ1v) is 10.7. The number of hydrogen-bond donors (Lipinski definition) is 1. The highest BCUT2D eigenvalue weighted by Crippen LogP contribution is 2.23.